The zero-order valence-corrected chi connectivity index (χ0v) is 33.8. The molecule has 0 bridgehead atoms. The van der Waals surface area contributed by atoms with Gasteiger partial charge in [0.1, 0.15) is 0 Å². The molecule has 0 N–H and O–H groups in total. The van der Waals surface area contributed by atoms with Crippen LogP contribution in [0.4, 0.5) is 17.1 Å². The minimum Gasteiger partial charge on any atom is -0.310 e. The third kappa shape index (κ3) is 7.47. The molecule has 0 aliphatic heterocycles. The Hall–Kier alpha value is -8.26. The summed E-state index contributed by atoms with van der Waals surface area (Å²) in [5.41, 5.74) is 4.00. The van der Waals surface area contributed by atoms with Crippen molar-refractivity contribution in [1.29, 1.82) is 0 Å². The summed E-state index contributed by atoms with van der Waals surface area (Å²) in [4.78, 5) is 0.911. The highest BCUT2D eigenvalue weighted by molar-refractivity contribution is 6.04. The molecule has 0 unspecified atom stereocenters. The average molecular weight is 814 g/mol. The van der Waals surface area contributed by atoms with Crippen LogP contribution in [0.15, 0.2) is 261 Å². The summed E-state index contributed by atoms with van der Waals surface area (Å²) in [5, 5.41) is 3.31. The molecule has 0 radical (unpaired) electrons. The van der Waals surface area contributed by atoms with E-state index in [9.17, 15) is 16.4 Å². The molecule has 0 amide bonds. The van der Waals surface area contributed by atoms with Gasteiger partial charge in [0.05, 0.1) is 16.4 Å². The van der Waals surface area contributed by atoms with Crippen LogP contribution in [0.5, 0.6) is 0 Å². The van der Waals surface area contributed by atoms with Crippen LogP contribution in [0.25, 0.3) is 88.3 Å². The van der Waals surface area contributed by atoms with Crippen molar-refractivity contribution < 1.29 is 16.4 Å². The summed E-state index contributed by atoms with van der Waals surface area (Å²) >= 11 is 0. The highest BCUT2D eigenvalue weighted by Crippen LogP contribution is 2.42. The van der Waals surface area contributed by atoms with Gasteiger partial charge in [-0.25, -0.2) is 0 Å². The smallest absolute Gasteiger partial charge is 0.0651 e. The van der Waals surface area contributed by atoms with Crippen LogP contribution in [0, 0.1) is 0 Å². The van der Waals surface area contributed by atoms with Crippen LogP contribution in [-0.2, 0) is 0 Å². The fourth-order valence-electron chi connectivity index (χ4n) is 8.21. The standard InChI is InChI=1S/C62H43N/c1-4-16-46(17-5-1)58-39-34-54(43-61(58)47-18-6-2-7-19-47)45-29-35-55(36-30-45)63(57-25-14-24-52(42-57)53-28-27-44-15-10-11-23-51(44)41-53)56-37-31-49(32-38-56)60-40-33-48-20-12-13-26-59(48)62(60)50-21-8-3-9-22-50/h1-43H/i14D,24D,25D,29D,30D,31D,32D,35D,36D,37D,38D,42D. The SMILES string of the molecule is [2H]c1c([2H])c(-c2ccc3ccccc3c2)c([2H])c(N(c2c([2H])c([2H])c(-c3ccc(-c4ccccc4)c(-c4ccccc4)c3)c([2H])c2[2H])c2c([2H])c([2H])c(-c3ccc4ccccc4c3-c3ccccc3)c([2H])c2[2H])c1[2H]. The average Bonchev–Trinajstić information content (AvgIpc) is 3.44. The molecule has 0 spiro atoms. The summed E-state index contributed by atoms with van der Waals surface area (Å²) in [6.07, 6.45) is 0. The van der Waals surface area contributed by atoms with E-state index in [1.54, 1.807) is 30.3 Å². The van der Waals surface area contributed by atoms with Gasteiger partial charge in [-0.1, -0.05) is 212 Å². The lowest BCUT2D eigenvalue weighted by molar-refractivity contribution is 1.28. The molecule has 0 aromatic heterocycles. The molecule has 63 heavy (non-hydrogen) atoms. The number of fused-ring (bicyclic) bond motifs is 2. The van der Waals surface area contributed by atoms with E-state index in [2.05, 4.69) is 0 Å². The maximum Gasteiger partial charge on any atom is 0.0651 e. The van der Waals surface area contributed by atoms with E-state index in [1.165, 1.54) is 0 Å². The number of benzene rings is 11. The zero-order chi connectivity index (χ0) is 52.4. The van der Waals surface area contributed by atoms with Crippen molar-refractivity contribution in [3.63, 3.8) is 0 Å². The van der Waals surface area contributed by atoms with Gasteiger partial charge < -0.3 is 4.90 Å². The van der Waals surface area contributed by atoms with Crippen molar-refractivity contribution in [3.05, 3.63) is 261 Å². The van der Waals surface area contributed by atoms with Gasteiger partial charge in [0, 0.05) is 17.1 Å². The van der Waals surface area contributed by atoms with Gasteiger partial charge in [-0.05, 0) is 137 Å². The fraction of sp³-hybridized carbons (Fsp3) is 0. The van der Waals surface area contributed by atoms with Crippen molar-refractivity contribution in [2.75, 3.05) is 4.90 Å². The van der Waals surface area contributed by atoms with Gasteiger partial charge in [0.25, 0.3) is 0 Å². The quantitative estimate of drug-likeness (QED) is 0.140. The maximum atomic E-state index is 9.95. The van der Waals surface area contributed by atoms with Gasteiger partial charge in [0.15, 0.2) is 0 Å². The summed E-state index contributed by atoms with van der Waals surface area (Å²) in [6.45, 7) is 0. The first kappa shape index (κ1) is 26.8. The predicted octanol–water partition coefficient (Wildman–Crippen LogP) is 17.5. The highest BCUT2D eigenvalue weighted by Gasteiger charge is 2.17. The van der Waals surface area contributed by atoms with Gasteiger partial charge in [-0.3, -0.25) is 0 Å². The van der Waals surface area contributed by atoms with Gasteiger partial charge in [-0.2, -0.15) is 0 Å². The lowest BCUT2D eigenvalue weighted by Crippen LogP contribution is -2.10. The summed E-state index contributed by atoms with van der Waals surface area (Å²) in [6, 6.07) is 50.9. The summed E-state index contributed by atoms with van der Waals surface area (Å²) in [7, 11) is 0. The molecule has 11 aromatic carbocycles. The number of hydrogen-bond donors (Lipinski definition) is 0. The van der Waals surface area contributed by atoms with E-state index in [1.807, 2.05) is 158 Å². The van der Waals surface area contributed by atoms with Crippen LogP contribution in [0.2, 0.25) is 0 Å². The molecular weight excluding hydrogens is 759 g/mol. The Bertz CT molecular complexity index is 4030. The van der Waals surface area contributed by atoms with E-state index >= 15 is 0 Å². The van der Waals surface area contributed by atoms with E-state index < -0.39 is 89.6 Å². The first-order valence-corrected chi connectivity index (χ1v) is 20.7. The molecule has 0 fully saturated rings. The van der Waals surface area contributed by atoms with Crippen molar-refractivity contribution in [1.82, 2.24) is 0 Å². The Balaban J connectivity index is 1.20. The van der Waals surface area contributed by atoms with E-state index in [0.717, 1.165) is 54.3 Å². The monoisotopic (exact) mass is 813 g/mol. The minimum atomic E-state index is -0.735. The number of rotatable bonds is 9. The Kier molecular flexibility index (Phi) is 7.10. The molecule has 0 aliphatic rings. The Morgan fingerprint density at radius 1 is 0.286 bits per heavy atom. The number of hydrogen-bond acceptors (Lipinski definition) is 1. The second-order valence-corrected chi connectivity index (χ2v) is 15.1. The fourth-order valence-corrected chi connectivity index (χ4v) is 8.21. The second kappa shape index (κ2) is 16.7. The molecule has 0 saturated heterocycles. The predicted molar refractivity (Wildman–Crippen MR) is 269 cm³/mol. The number of nitrogens with zero attached hydrogens (tertiary/aromatic N) is 1. The molecule has 0 saturated carbocycles. The third-order valence-electron chi connectivity index (χ3n) is 11.3. The zero-order valence-electron chi connectivity index (χ0n) is 45.8. The van der Waals surface area contributed by atoms with Gasteiger partial charge in [0.2, 0.25) is 0 Å². The van der Waals surface area contributed by atoms with Crippen molar-refractivity contribution in [2.45, 2.75) is 0 Å². The highest BCUT2D eigenvalue weighted by atomic mass is 15.1. The normalized spacial score (nSPS) is 13.8. The summed E-state index contributed by atoms with van der Waals surface area (Å²) < 4.78 is 117. The van der Waals surface area contributed by atoms with E-state index in [-0.39, 0.29) is 16.7 Å². The second-order valence-electron chi connectivity index (χ2n) is 15.1. The van der Waals surface area contributed by atoms with Crippen LogP contribution in [0.1, 0.15) is 16.4 Å². The first-order chi connectivity index (χ1) is 36.3. The largest absolute Gasteiger partial charge is 0.310 e. The molecule has 1 nitrogen and oxygen atoms in total. The molecule has 0 atom stereocenters. The van der Waals surface area contributed by atoms with Gasteiger partial charge >= 0.3 is 0 Å². The van der Waals surface area contributed by atoms with Crippen LogP contribution >= 0.6 is 0 Å². The third-order valence-corrected chi connectivity index (χ3v) is 11.3. The van der Waals surface area contributed by atoms with Crippen molar-refractivity contribution in [2.24, 2.45) is 0 Å². The number of anilines is 3. The molecule has 11 aromatic rings. The van der Waals surface area contributed by atoms with Crippen molar-refractivity contribution in [3.8, 4) is 66.8 Å². The summed E-state index contributed by atoms with van der Waals surface area (Å²) in [5.74, 6) is 0. The van der Waals surface area contributed by atoms with E-state index in [4.69, 9.17) is 0 Å². The lowest BCUT2D eigenvalue weighted by atomic mass is 9.89. The van der Waals surface area contributed by atoms with Crippen LogP contribution in [0.3, 0.4) is 0 Å². The van der Waals surface area contributed by atoms with Crippen LogP contribution in [-0.4, -0.2) is 0 Å². The Morgan fingerprint density at radius 3 is 1.51 bits per heavy atom. The molecule has 1 heteroatoms. The van der Waals surface area contributed by atoms with Crippen molar-refractivity contribution >= 4 is 38.6 Å². The Labute approximate surface area is 386 Å². The minimum absolute atomic E-state index is 0.0573. The molecule has 0 heterocycles. The molecule has 11 rings (SSSR count). The van der Waals surface area contributed by atoms with Crippen LogP contribution < -0.4 is 4.90 Å². The first-order valence-electron chi connectivity index (χ1n) is 26.7. The van der Waals surface area contributed by atoms with E-state index in [0.29, 0.717) is 22.3 Å². The molecular formula is C62H43N. The lowest BCUT2D eigenvalue weighted by Gasteiger charge is -2.27. The maximum absolute atomic E-state index is 9.95. The van der Waals surface area contributed by atoms with Gasteiger partial charge in [-0.15, -0.1) is 0 Å². The Morgan fingerprint density at radius 2 is 0.810 bits per heavy atom. The topological polar surface area (TPSA) is 3.24 Å². The molecule has 0 aliphatic carbocycles. The molecule has 296 valence electrons.